The van der Waals surface area contributed by atoms with E-state index in [-0.39, 0.29) is 5.91 Å². The zero-order valence-corrected chi connectivity index (χ0v) is 17.0. The van der Waals surface area contributed by atoms with Crippen LogP contribution >= 0.6 is 11.6 Å². The Morgan fingerprint density at radius 2 is 1.68 bits per heavy atom. The monoisotopic (exact) mass is 398 g/mol. The molecule has 2 aromatic carbocycles. The van der Waals surface area contributed by atoms with Crippen LogP contribution in [0.4, 0.5) is 0 Å². The number of aliphatic imine (C=N–C) groups is 1. The quantitative estimate of drug-likeness (QED) is 0.594. The molecule has 1 fully saturated rings. The van der Waals surface area contributed by atoms with Crippen molar-refractivity contribution < 1.29 is 4.79 Å². The fourth-order valence-corrected chi connectivity index (χ4v) is 3.50. The lowest BCUT2D eigenvalue weighted by atomic mass is 10.1. The maximum atomic E-state index is 12.5. The summed E-state index contributed by atoms with van der Waals surface area (Å²) < 4.78 is 0. The Bertz CT molecular complexity index is 814. The van der Waals surface area contributed by atoms with Crippen LogP contribution in [-0.4, -0.2) is 36.9 Å². The van der Waals surface area contributed by atoms with Crippen molar-refractivity contribution in [2.24, 2.45) is 4.99 Å². The standard InChI is InChI=1S/C22H27ClN4O/c1-24-22(26-16-18-6-5-7-20(23)14-18)25-15-17-8-10-19(11-9-17)21(28)27-12-3-2-4-13-27/h5-11,14H,2-4,12-13,15-16H2,1H3,(H2,24,25,26). The number of guanidine groups is 1. The summed E-state index contributed by atoms with van der Waals surface area (Å²) in [4.78, 5) is 18.7. The number of carbonyl (C=O) groups excluding carboxylic acids is 1. The molecule has 0 saturated carbocycles. The highest BCUT2D eigenvalue weighted by Gasteiger charge is 2.17. The van der Waals surface area contributed by atoms with Crippen LogP contribution in [-0.2, 0) is 13.1 Å². The number of halogens is 1. The molecular weight excluding hydrogens is 372 g/mol. The first-order valence-electron chi connectivity index (χ1n) is 9.73. The van der Waals surface area contributed by atoms with E-state index in [1.807, 2.05) is 53.4 Å². The number of carbonyl (C=O) groups is 1. The molecule has 1 aliphatic rings. The van der Waals surface area contributed by atoms with Gasteiger partial charge in [0.25, 0.3) is 5.91 Å². The number of rotatable bonds is 5. The Morgan fingerprint density at radius 3 is 2.32 bits per heavy atom. The first-order valence-corrected chi connectivity index (χ1v) is 10.1. The molecule has 1 amide bonds. The van der Waals surface area contributed by atoms with Crippen molar-refractivity contribution >= 4 is 23.5 Å². The van der Waals surface area contributed by atoms with Crippen LogP contribution in [0.3, 0.4) is 0 Å². The third-order valence-corrected chi connectivity index (χ3v) is 5.11. The van der Waals surface area contributed by atoms with Gasteiger partial charge < -0.3 is 15.5 Å². The summed E-state index contributed by atoms with van der Waals surface area (Å²) in [5, 5.41) is 7.29. The number of nitrogens with one attached hydrogen (secondary N) is 2. The van der Waals surface area contributed by atoms with Crippen LogP contribution in [0.5, 0.6) is 0 Å². The molecule has 1 saturated heterocycles. The molecule has 0 aliphatic carbocycles. The normalized spacial score (nSPS) is 14.6. The van der Waals surface area contributed by atoms with Crippen LogP contribution in [0, 0.1) is 0 Å². The van der Waals surface area contributed by atoms with Gasteiger partial charge in [0.2, 0.25) is 0 Å². The highest BCUT2D eigenvalue weighted by Crippen LogP contribution is 2.14. The van der Waals surface area contributed by atoms with E-state index in [1.165, 1.54) is 6.42 Å². The van der Waals surface area contributed by atoms with E-state index in [0.29, 0.717) is 19.0 Å². The number of nitrogens with zero attached hydrogens (tertiary/aromatic N) is 2. The van der Waals surface area contributed by atoms with Gasteiger partial charge in [-0.05, 0) is 54.7 Å². The van der Waals surface area contributed by atoms with Crippen molar-refractivity contribution in [2.75, 3.05) is 20.1 Å². The number of benzene rings is 2. The molecule has 0 aromatic heterocycles. The van der Waals surface area contributed by atoms with Gasteiger partial charge in [0.15, 0.2) is 5.96 Å². The van der Waals surface area contributed by atoms with Crippen molar-refractivity contribution in [2.45, 2.75) is 32.4 Å². The van der Waals surface area contributed by atoms with Gasteiger partial charge in [0.1, 0.15) is 0 Å². The van der Waals surface area contributed by atoms with E-state index >= 15 is 0 Å². The minimum atomic E-state index is 0.137. The minimum Gasteiger partial charge on any atom is -0.352 e. The van der Waals surface area contributed by atoms with Gasteiger partial charge in [-0.15, -0.1) is 0 Å². The topological polar surface area (TPSA) is 56.7 Å². The van der Waals surface area contributed by atoms with Crippen molar-refractivity contribution in [1.82, 2.24) is 15.5 Å². The number of likely N-dealkylation sites (tertiary alicyclic amines) is 1. The van der Waals surface area contributed by atoms with Crippen molar-refractivity contribution in [3.8, 4) is 0 Å². The fraction of sp³-hybridized carbons (Fsp3) is 0.364. The minimum absolute atomic E-state index is 0.137. The molecule has 1 aliphatic heterocycles. The first kappa shape index (κ1) is 20.2. The largest absolute Gasteiger partial charge is 0.352 e. The average molecular weight is 399 g/mol. The summed E-state index contributed by atoms with van der Waals surface area (Å²) in [6, 6.07) is 15.6. The summed E-state index contributed by atoms with van der Waals surface area (Å²) in [6.07, 6.45) is 3.44. The predicted octanol–water partition coefficient (Wildman–Crippen LogP) is 3.83. The van der Waals surface area contributed by atoms with Gasteiger partial charge in [-0.25, -0.2) is 0 Å². The average Bonchev–Trinajstić information content (AvgIpc) is 2.74. The van der Waals surface area contributed by atoms with Gasteiger partial charge in [0.05, 0.1) is 0 Å². The van der Waals surface area contributed by atoms with Crippen LogP contribution in [0.1, 0.15) is 40.7 Å². The molecule has 3 rings (SSSR count). The molecule has 5 nitrogen and oxygen atoms in total. The summed E-state index contributed by atoms with van der Waals surface area (Å²) in [6.45, 7) is 3.02. The Labute approximate surface area is 171 Å². The van der Waals surface area contributed by atoms with Gasteiger partial charge in [-0.3, -0.25) is 9.79 Å². The Hall–Kier alpha value is -2.53. The third-order valence-electron chi connectivity index (χ3n) is 4.88. The smallest absolute Gasteiger partial charge is 0.253 e. The third kappa shape index (κ3) is 5.73. The molecule has 0 bridgehead atoms. The van der Waals surface area contributed by atoms with Gasteiger partial charge in [0, 0.05) is 43.8 Å². The van der Waals surface area contributed by atoms with Crippen molar-refractivity contribution in [3.05, 3.63) is 70.2 Å². The van der Waals surface area contributed by atoms with Crippen LogP contribution in [0.25, 0.3) is 0 Å². The molecule has 0 spiro atoms. The Balaban J connectivity index is 1.49. The highest BCUT2D eigenvalue weighted by atomic mass is 35.5. The number of amides is 1. The van der Waals surface area contributed by atoms with Crippen LogP contribution in [0.15, 0.2) is 53.5 Å². The lowest BCUT2D eigenvalue weighted by Gasteiger charge is -2.26. The SMILES string of the molecule is CN=C(NCc1ccc(C(=O)N2CCCCC2)cc1)NCc1cccc(Cl)c1. The summed E-state index contributed by atoms with van der Waals surface area (Å²) in [7, 11) is 1.74. The molecule has 148 valence electrons. The maximum absolute atomic E-state index is 12.5. The Morgan fingerprint density at radius 1 is 1.00 bits per heavy atom. The zero-order valence-electron chi connectivity index (χ0n) is 16.2. The second-order valence-electron chi connectivity index (χ2n) is 6.96. The lowest BCUT2D eigenvalue weighted by Crippen LogP contribution is -2.36. The predicted molar refractivity (Wildman–Crippen MR) is 115 cm³/mol. The molecule has 0 unspecified atom stereocenters. The number of piperidine rings is 1. The van der Waals surface area contributed by atoms with E-state index < -0.39 is 0 Å². The summed E-state index contributed by atoms with van der Waals surface area (Å²) in [5.41, 5.74) is 2.95. The lowest BCUT2D eigenvalue weighted by molar-refractivity contribution is 0.0724. The van der Waals surface area contributed by atoms with E-state index in [4.69, 9.17) is 11.6 Å². The first-order chi connectivity index (χ1) is 13.7. The molecule has 0 atom stereocenters. The van der Waals surface area contributed by atoms with E-state index in [9.17, 15) is 4.79 Å². The molecular formula is C22H27ClN4O. The maximum Gasteiger partial charge on any atom is 0.253 e. The summed E-state index contributed by atoms with van der Waals surface area (Å²) >= 11 is 6.02. The molecule has 28 heavy (non-hydrogen) atoms. The molecule has 2 N–H and O–H groups in total. The van der Waals surface area contributed by atoms with Crippen molar-refractivity contribution in [1.29, 1.82) is 0 Å². The molecule has 0 radical (unpaired) electrons. The molecule has 1 heterocycles. The highest BCUT2D eigenvalue weighted by molar-refractivity contribution is 6.30. The second kappa shape index (κ2) is 10.1. The molecule has 2 aromatic rings. The number of hydrogen-bond donors (Lipinski definition) is 2. The fourth-order valence-electron chi connectivity index (χ4n) is 3.28. The van der Waals surface area contributed by atoms with Gasteiger partial charge in [-0.1, -0.05) is 35.9 Å². The second-order valence-corrected chi connectivity index (χ2v) is 7.40. The van der Waals surface area contributed by atoms with E-state index in [2.05, 4.69) is 15.6 Å². The van der Waals surface area contributed by atoms with Crippen LogP contribution < -0.4 is 10.6 Å². The number of hydrogen-bond acceptors (Lipinski definition) is 2. The van der Waals surface area contributed by atoms with Gasteiger partial charge >= 0.3 is 0 Å². The van der Waals surface area contributed by atoms with Gasteiger partial charge in [-0.2, -0.15) is 0 Å². The van der Waals surface area contributed by atoms with Crippen molar-refractivity contribution in [3.63, 3.8) is 0 Å². The van der Waals surface area contributed by atoms with E-state index in [1.54, 1.807) is 7.05 Å². The van der Waals surface area contributed by atoms with E-state index in [0.717, 1.165) is 47.6 Å². The van der Waals surface area contributed by atoms with Crippen LogP contribution in [0.2, 0.25) is 5.02 Å². The molecule has 6 heteroatoms. The summed E-state index contributed by atoms with van der Waals surface area (Å²) in [5.74, 6) is 0.853. The Kier molecular flexibility index (Phi) is 7.31. The zero-order chi connectivity index (χ0) is 19.8.